The molecule has 2 unspecified atom stereocenters. The fraction of sp³-hybridized carbons (Fsp3) is 0.450. The van der Waals surface area contributed by atoms with Gasteiger partial charge in [0.1, 0.15) is 5.75 Å². The van der Waals surface area contributed by atoms with E-state index in [0.29, 0.717) is 18.9 Å². The molecule has 5 heteroatoms. The highest BCUT2D eigenvalue weighted by molar-refractivity contribution is 5.88. The van der Waals surface area contributed by atoms with Gasteiger partial charge in [-0.1, -0.05) is 43.3 Å². The molecule has 0 aromatic heterocycles. The Hall–Kier alpha value is -1.78. The van der Waals surface area contributed by atoms with Gasteiger partial charge >= 0.3 is 0 Å². The first-order chi connectivity index (χ1) is 11.7. The van der Waals surface area contributed by atoms with E-state index in [4.69, 9.17) is 4.74 Å². The van der Waals surface area contributed by atoms with Crippen LogP contribution in [0, 0.1) is 5.92 Å². The average molecular weight is 363 g/mol. The number of hydrogen-bond acceptors (Lipinski definition) is 3. The van der Waals surface area contributed by atoms with E-state index in [9.17, 15) is 4.79 Å². The van der Waals surface area contributed by atoms with Crippen LogP contribution in [-0.4, -0.2) is 31.6 Å². The third-order valence-electron chi connectivity index (χ3n) is 4.73. The second kappa shape index (κ2) is 9.64. The van der Waals surface area contributed by atoms with E-state index < -0.39 is 0 Å². The molecule has 2 aromatic carbocycles. The van der Waals surface area contributed by atoms with Crippen molar-refractivity contribution in [3.63, 3.8) is 0 Å². The summed E-state index contributed by atoms with van der Waals surface area (Å²) in [6.45, 7) is 4.68. The highest BCUT2D eigenvalue weighted by Crippen LogP contribution is 2.25. The van der Waals surface area contributed by atoms with E-state index in [-0.39, 0.29) is 24.4 Å². The normalized spacial score (nSPS) is 19.9. The van der Waals surface area contributed by atoms with E-state index in [1.165, 1.54) is 5.39 Å². The fourth-order valence-electron chi connectivity index (χ4n) is 3.20. The highest BCUT2D eigenvalue weighted by atomic mass is 35.5. The second-order valence-corrected chi connectivity index (χ2v) is 6.57. The summed E-state index contributed by atoms with van der Waals surface area (Å²) < 4.78 is 5.89. The zero-order chi connectivity index (χ0) is 16.8. The Morgan fingerprint density at radius 3 is 2.88 bits per heavy atom. The number of fused-ring (bicyclic) bond motifs is 1. The number of halogens is 1. The van der Waals surface area contributed by atoms with Gasteiger partial charge in [-0.15, -0.1) is 12.4 Å². The van der Waals surface area contributed by atoms with E-state index in [2.05, 4.69) is 35.8 Å². The Morgan fingerprint density at radius 2 is 2.04 bits per heavy atom. The number of carbonyl (C=O) groups excluding carboxylic acids is 1. The standard InChI is InChI=1S/C20H26N2O2.ClH/c1-15-11-12-21-14-18(15)22-20(23)10-5-13-24-19-9-4-7-16-6-2-3-8-17(16)19;/h2-4,6-9,15,18,21H,5,10-14H2,1H3,(H,22,23);1H. The van der Waals surface area contributed by atoms with Gasteiger partial charge in [0.25, 0.3) is 0 Å². The van der Waals surface area contributed by atoms with E-state index >= 15 is 0 Å². The number of hydrogen-bond donors (Lipinski definition) is 2. The first-order valence-corrected chi connectivity index (χ1v) is 8.84. The number of carbonyl (C=O) groups is 1. The first kappa shape index (κ1) is 19.5. The number of amides is 1. The molecule has 1 fully saturated rings. The molecule has 0 aliphatic carbocycles. The van der Waals surface area contributed by atoms with Crippen LogP contribution in [0.5, 0.6) is 5.75 Å². The Morgan fingerprint density at radius 1 is 1.24 bits per heavy atom. The van der Waals surface area contributed by atoms with Gasteiger partial charge in [-0.3, -0.25) is 4.79 Å². The molecule has 0 radical (unpaired) electrons. The Kier molecular flexibility index (Phi) is 7.53. The van der Waals surface area contributed by atoms with Gasteiger partial charge in [0.15, 0.2) is 0 Å². The molecular formula is C20H27ClN2O2. The third kappa shape index (κ3) is 5.35. The topological polar surface area (TPSA) is 50.4 Å². The van der Waals surface area contributed by atoms with Crippen molar-refractivity contribution in [1.82, 2.24) is 10.6 Å². The van der Waals surface area contributed by atoms with Gasteiger partial charge in [-0.2, -0.15) is 0 Å². The van der Waals surface area contributed by atoms with Gasteiger partial charge in [-0.25, -0.2) is 0 Å². The summed E-state index contributed by atoms with van der Waals surface area (Å²) >= 11 is 0. The number of benzene rings is 2. The summed E-state index contributed by atoms with van der Waals surface area (Å²) in [4.78, 5) is 12.1. The van der Waals surface area contributed by atoms with Crippen LogP contribution in [0.1, 0.15) is 26.2 Å². The van der Waals surface area contributed by atoms with Gasteiger partial charge in [0.2, 0.25) is 5.91 Å². The molecule has 2 aromatic rings. The zero-order valence-electron chi connectivity index (χ0n) is 14.7. The van der Waals surface area contributed by atoms with Crippen LogP contribution in [0.2, 0.25) is 0 Å². The van der Waals surface area contributed by atoms with Crippen molar-refractivity contribution in [2.45, 2.75) is 32.2 Å². The second-order valence-electron chi connectivity index (χ2n) is 6.57. The molecular weight excluding hydrogens is 336 g/mol. The molecule has 136 valence electrons. The molecule has 4 nitrogen and oxygen atoms in total. The molecule has 2 atom stereocenters. The molecule has 1 saturated heterocycles. The molecule has 0 bridgehead atoms. The number of ether oxygens (including phenoxy) is 1. The molecule has 0 spiro atoms. The van der Waals surface area contributed by atoms with Gasteiger partial charge < -0.3 is 15.4 Å². The monoisotopic (exact) mass is 362 g/mol. The van der Waals surface area contributed by atoms with Crippen molar-refractivity contribution in [3.8, 4) is 5.75 Å². The first-order valence-electron chi connectivity index (χ1n) is 8.84. The molecule has 1 aliphatic heterocycles. The molecule has 2 N–H and O–H groups in total. The Labute approximate surface area is 155 Å². The SMILES string of the molecule is CC1CCNCC1NC(=O)CCCOc1cccc2ccccc12.Cl. The van der Waals surface area contributed by atoms with Crippen LogP contribution in [0.15, 0.2) is 42.5 Å². The maximum Gasteiger partial charge on any atom is 0.220 e. The van der Waals surface area contributed by atoms with Crippen molar-refractivity contribution in [2.24, 2.45) is 5.92 Å². The van der Waals surface area contributed by atoms with Crippen molar-refractivity contribution in [2.75, 3.05) is 19.7 Å². The summed E-state index contributed by atoms with van der Waals surface area (Å²) in [5.74, 6) is 1.55. The lowest BCUT2D eigenvalue weighted by atomic mass is 9.95. The zero-order valence-corrected chi connectivity index (χ0v) is 15.5. The molecule has 3 rings (SSSR count). The van der Waals surface area contributed by atoms with E-state index in [1.807, 2.05) is 24.3 Å². The van der Waals surface area contributed by atoms with E-state index in [0.717, 1.165) is 37.1 Å². The Balaban J connectivity index is 0.00000225. The maximum absolute atomic E-state index is 12.1. The number of piperidine rings is 1. The molecule has 1 amide bonds. The lowest BCUT2D eigenvalue weighted by Crippen LogP contribution is -2.50. The largest absolute Gasteiger partial charge is 0.493 e. The van der Waals surface area contributed by atoms with E-state index in [1.54, 1.807) is 0 Å². The number of rotatable bonds is 6. The maximum atomic E-state index is 12.1. The van der Waals surface area contributed by atoms with Crippen molar-refractivity contribution >= 4 is 29.1 Å². The third-order valence-corrected chi connectivity index (χ3v) is 4.73. The summed E-state index contributed by atoms with van der Waals surface area (Å²) in [6, 6.07) is 14.5. The predicted octanol–water partition coefficient (Wildman–Crippen LogP) is 3.53. The van der Waals surface area contributed by atoms with Gasteiger partial charge in [0, 0.05) is 24.4 Å². The summed E-state index contributed by atoms with van der Waals surface area (Å²) in [5.41, 5.74) is 0. The van der Waals surface area contributed by atoms with Crippen LogP contribution in [-0.2, 0) is 4.79 Å². The number of nitrogens with one attached hydrogen (secondary N) is 2. The molecule has 1 heterocycles. The molecule has 25 heavy (non-hydrogen) atoms. The minimum atomic E-state index is 0. The Bertz CT molecular complexity index is 687. The summed E-state index contributed by atoms with van der Waals surface area (Å²) in [5, 5.41) is 8.77. The summed E-state index contributed by atoms with van der Waals surface area (Å²) in [6.07, 6.45) is 2.35. The van der Waals surface area contributed by atoms with Crippen LogP contribution in [0.4, 0.5) is 0 Å². The van der Waals surface area contributed by atoms with Crippen molar-refractivity contribution in [1.29, 1.82) is 0 Å². The lowest BCUT2D eigenvalue weighted by Gasteiger charge is -2.30. The minimum Gasteiger partial charge on any atom is -0.493 e. The van der Waals surface area contributed by atoms with Crippen LogP contribution < -0.4 is 15.4 Å². The molecule has 0 saturated carbocycles. The average Bonchev–Trinajstić information content (AvgIpc) is 2.61. The van der Waals surface area contributed by atoms with Crippen LogP contribution in [0.25, 0.3) is 10.8 Å². The quantitative estimate of drug-likeness (QED) is 0.773. The smallest absolute Gasteiger partial charge is 0.220 e. The van der Waals surface area contributed by atoms with Crippen molar-refractivity contribution in [3.05, 3.63) is 42.5 Å². The van der Waals surface area contributed by atoms with Gasteiger partial charge in [-0.05, 0) is 36.8 Å². The van der Waals surface area contributed by atoms with Crippen molar-refractivity contribution < 1.29 is 9.53 Å². The lowest BCUT2D eigenvalue weighted by molar-refractivity contribution is -0.122. The fourth-order valence-corrected chi connectivity index (χ4v) is 3.20. The predicted molar refractivity (Wildman–Crippen MR) is 105 cm³/mol. The van der Waals surface area contributed by atoms with Gasteiger partial charge in [0.05, 0.1) is 6.61 Å². The van der Waals surface area contributed by atoms with Crippen LogP contribution >= 0.6 is 12.4 Å². The van der Waals surface area contributed by atoms with Crippen LogP contribution in [0.3, 0.4) is 0 Å². The highest BCUT2D eigenvalue weighted by Gasteiger charge is 2.22. The minimum absolute atomic E-state index is 0. The molecule has 1 aliphatic rings. The summed E-state index contributed by atoms with van der Waals surface area (Å²) in [7, 11) is 0.